The topological polar surface area (TPSA) is 42.9 Å². The summed E-state index contributed by atoms with van der Waals surface area (Å²) in [5.41, 5.74) is 0.796. The van der Waals surface area contributed by atoms with Gasteiger partial charge in [0.1, 0.15) is 0 Å². The van der Waals surface area contributed by atoms with Crippen molar-refractivity contribution in [1.29, 1.82) is 0 Å². The maximum atomic E-state index is 11.8. The van der Waals surface area contributed by atoms with Gasteiger partial charge in [-0.2, -0.15) is 0 Å². The number of hydrogen-bond donors (Lipinski definition) is 0. The van der Waals surface area contributed by atoms with E-state index in [1.807, 2.05) is 18.2 Å². The van der Waals surface area contributed by atoms with E-state index < -0.39 is 10.8 Å². The average molecular weight is 230 g/mol. The minimum absolute atomic E-state index is 0.738. The molecule has 0 amide bonds. The maximum Gasteiger partial charge on any atom is 0.0777 e. The molecule has 3 nitrogen and oxygen atoms in total. The Morgan fingerprint density at radius 1 is 1.06 bits per heavy atom. The molecule has 0 spiro atoms. The Morgan fingerprint density at radius 2 is 1.88 bits per heavy atom. The van der Waals surface area contributed by atoms with Crippen molar-refractivity contribution in [3.63, 3.8) is 0 Å². The molecule has 0 radical (unpaired) electrons. The molecule has 0 aromatic carbocycles. The fraction of sp³-hybridized carbons (Fsp3) is 0. The van der Waals surface area contributed by atoms with Gasteiger partial charge in [0.15, 0.2) is 0 Å². The zero-order valence-electron chi connectivity index (χ0n) is 8.48. The van der Waals surface area contributed by atoms with Crippen molar-refractivity contribution < 1.29 is 4.21 Å². The minimum atomic E-state index is -1.14. The molecule has 80 valence electrons. The van der Waals surface area contributed by atoms with Crippen LogP contribution in [0.15, 0.2) is 59.2 Å². The highest BCUT2D eigenvalue weighted by Gasteiger charge is 1.97. The summed E-state index contributed by atoms with van der Waals surface area (Å²) in [6.07, 6.45) is 6.70. The first-order valence-electron chi connectivity index (χ1n) is 4.76. The molecule has 4 heteroatoms. The van der Waals surface area contributed by atoms with Crippen LogP contribution in [0.3, 0.4) is 0 Å². The molecule has 1 unspecified atom stereocenters. The first-order chi connectivity index (χ1) is 7.86. The molecular formula is C12H10N2OS. The van der Waals surface area contributed by atoms with Crippen LogP contribution in [0, 0.1) is 0 Å². The molecule has 0 saturated heterocycles. The van der Waals surface area contributed by atoms with Crippen LogP contribution in [0.4, 0.5) is 0 Å². The first kappa shape index (κ1) is 10.7. The van der Waals surface area contributed by atoms with E-state index in [0.29, 0.717) is 0 Å². The number of pyridine rings is 2. The van der Waals surface area contributed by atoms with E-state index in [0.717, 1.165) is 10.6 Å². The Bertz CT molecular complexity index is 497. The van der Waals surface area contributed by atoms with Gasteiger partial charge in [-0.05, 0) is 30.3 Å². The predicted molar refractivity (Wildman–Crippen MR) is 63.9 cm³/mol. The van der Waals surface area contributed by atoms with E-state index in [1.54, 1.807) is 42.2 Å². The smallest absolute Gasteiger partial charge is 0.0777 e. The van der Waals surface area contributed by atoms with Gasteiger partial charge >= 0.3 is 0 Å². The SMILES string of the molecule is O=S(/C=C/c1ccccn1)c1ccncc1. The fourth-order valence-corrected chi connectivity index (χ4v) is 1.97. The lowest BCUT2D eigenvalue weighted by atomic mass is 10.3. The molecule has 2 rings (SSSR count). The standard InChI is InChI=1S/C12H10N2OS/c15-16(12-4-8-13-9-5-12)10-6-11-3-1-2-7-14-11/h1-10H/b10-6+. The van der Waals surface area contributed by atoms with Gasteiger partial charge in [0, 0.05) is 28.9 Å². The molecule has 0 aliphatic rings. The molecule has 0 fully saturated rings. The van der Waals surface area contributed by atoms with Crippen molar-refractivity contribution in [2.24, 2.45) is 0 Å². The van der Waals surface area contributed by atoms with Crippen molar-refractivity contribution in [3.05, 3.63) is 60.0 Å². The van der Waals surface area contributed by atoms with Gasteiger partial charge in [-0.1, -0.05) is 6.07 Å². The summed E-state index contributed by atoms with van der Waals surface area (Å²) in [6.45, 7) is 0. The summed E-state index contributed by atoms with van der Waals surface area (Å²) in [6, 6.07) is 9.07. The molecule has 1 atom stereocenters. The van der Waals surface area contributed by atoms with Crippen LogP contribution in [0.25, 0.3) is 6.08 Å². The van der Waals surface area contributed by atoms with Gasteiger partial charge in [0.05, 0.1) is 16.5 Å². The van der Waals surface area contributed by atoms with Crippen molar-refractivity contribution in [2.75, 3.05) is 0 Å². The van der Waals surface area contributed by atoms with E-state index in [9.17, 15) is 4.21 Å². The van der Waals surface area contributed by atoms with Crippen LogP contribution >= 0.6 is 0 Å². The quantitative estimate of drug-likeness (QED) is 0.812. The van der Waals surface area contributed by atoms with Gasteiger partial charge in [0.2, 0.25) is 0 Å². The van der Waals surface area contributed by atoms with Gasteiger partial charge in [-0.25, -0.2) is 4.21 Å². The van der Waals surface area contributed by atoms with E-state index >= 15 is 0 Å². The van der Waals surface area contributed by atoms with Gasteiger partial charge in [-0.15, -0.1) is 0 Å². The Kier molecular flexibility index (Phi) is 3.56. The third kappa shape index (κ3) is 2.84. The molecule has 2 aromatic rings. The normalized spacial score (nSPS) is 12.8. The van der Waals surface area contributed by atoms with Crippen LogP contribution in [0.2, 0.25) is 0 Å². The van der Waals surface area contributed by atoms with Crippen molar-refractivity contribution in [3.8, 4) is 0 Å². The molecule has 2 aromatic heterocycles. The van der Waals surface area contributed by atoms with Crippen molar-refractivity contribution in [2.45, 2.75) is 4.90 Å². The number of aromatic nitrogens is 2. The molecular weight excluding hydrogens is 220 g/mol. The Labute approximate surface area is 96.3 Å². The molecule has 0 aliphatic heterocycles. The fourth-order valence-electron chi connectivity index (χ4n) is 1.16. The average Bonchev–Trinajstić information content (AvgIpc) is 2.38. The minimum Gasteiger partial charge on any atom is -0.265 e. The van der Waals surface area contributed by atoms with Gasteiger partial charge < -0.3 is 0 Å². The number of hydrogen-bond acceptors (Lipinski definition) is 3. The second kappa shape index (κ2) is 5.32. The van der Waals surface area contributed by atoms with E-state index in [2.05, 4.69) is 9.97 Å². The Hall–Kier alpha value is -1.81. The summed E-state index contributed by atoms with van der Waals surface area (Å²) >= 11 is 0. The highest BCUT2D eigenvalue weighted by molar-refractivity contribution is 7.88. The first-order valence-corrected chi connectivity index (χ1v) is 5.97. The summed E-state index contributed by atoms with van der Waals surface area (Å²) in [5, 5.41) is 1.62. The highest BCUT2D eigenvalue weighted by atomic mass is 32.2. The Balaban J connectivity index is 2.12. The summed E-state index contributed by atoms with van der Waals surface area (Å²) in [5.74, 6) is 0. The van der Waals surface area contributed by atoms with Gasteiger partial charge in [-0.3, -0.25) is 9.97 Å². The summed E-state index contributed by atoms with van der Waals surface area (Å²) < 4.78 is 11.8. The molecule has 0 aliphatic carbocycles. The third-order valence-corrected chi connectivity index (χ3v) is 3.05. The van der Waals surface area contributed by atoms with Crippen LogP contribution < -0.4 is 0 Å². The Morgan fingerprint density at radius 3 is 2.56 bits per heavy atom. The van der Waals surface area contributed by atoms with E-state index in [1.165, 1.54) is 0 Å². The monoisotopic (exact) mass is 230 g/mol. The zero-order chi connectivity index (χ0) is 11.2. The second-order valence-corrected chi connectivity index (χ2v) is 4.38. The van der Waals surface area contributed by atoms with Crippen LogP contribution in [-0.2, 0) is 10.8 Å². The van der Waals surface area contributed by atoms with E-state index in [-0.39, 0.29) is 0 Å². The maximum absolute atomic E-state index is 11.8. The second-order valence-electron chi connectivity index (χ2n) is 3.04. The van der Waals surface area contributed by atoms with Crippen molar-refractivity contribution >= 4 is 16.9 Å². The third-order valence-electron chi connectivity index (χ3n) is 1.93. The van der Waals surface area contributed by atoms with E-state index in [4.69, 9.17) is 0 Å². The zero-order valence-corrected chi connectivity index (χ0v) is 9.30. The van der Waals surface area contributed by atoms with Crippen molar-refractivity contribution in [1.82, 2.24) is 9.97 Å². The molecule has 0 N–H and O–H groups in total. The van der Waals surface area contributed by atoms with Gasteiger partial charge in [0.25, 0.3) is 0 Å². The molecule has 0 saturated carbocycles. The number of nitrogens with zero attached hydrogens (tertiary/aromatic N) is 2. The molecule has 2 heterocycles. The number of rotatable bonds is 3. The van der Waals surface area contributed by atoms with Crippen LogP contribution in [-0.4, -0.2) is 14.2 Å². The predicted octanol–water partition coefficient (Wildman–Crippen LogP) is 2.26. The lowest BCUT2D eigenvalue weighted by Gasteiger charge is -1.94. The summed E-state index contributed by atoms with van der Waals surface area (Å²) in [4.78, 5) is 8.72. The highest BCUT2D eigenvalue weighted by Crippen LogP contribution is 2.07. The molecule has 0 bridgehead atoms. The summed E-state index contributed by atoms with van der Waals surface area (Å²) in [7, 11) is -1.14. The lowest BCUT2D eigenvalue weighted by Crippen LogP contribution is -1.86. The lowest BCUT2D eigenvalue weighted by molar-refractivity contribution is 0.688. The van der Waals surface area contributed by atoms with Crippen LogP contribution in [0.1, 0.15) is 5.69 Å². The van der Waals surface area contributed by atoms with Crippen LogP contribution in [0.5, 0.6) is 0 Å². The molecule has 16 heavy (non-hydrogen) atoms. The largest absolute Gasteiger partial charge is 0.265 e.